The molecule has 2 N–H and O–H groups in total. The Morgan fingerprint density at radius 2 is 2.26 bits per heavy atom. The number of piperidine rings is 1. The normalized spacial score (nSPS) is 21.3. The van der Waals surface area contributed by atoms with Crippen molar-refractivity contribution >= 4 is 11.3 Å². The maximum atomic E-state index is 5.74. The monoisotopic (exact) mass is 259 g/mol. The number of nitrogens with zero attached hydrogens (tertiary/aromatic N) is 4. The quantitative estimate of drug-likeness (QED) is 0.895. The molecule has 0 aliphatic carbocycles. The lowest BCUT2D eigenvalue weighted by molar-refractivity contribution is 0.166. The van der Waals surface area contributed by atoms with E-state index in [2.05, 4.69) is 34.9 Å². The van der Waals surface area contributed by atoms with Crippen LogP contribution in [0, 0.1) is 0 Å². The summed E-state index contributed by atoms with van der Waals surface area (Å²) in [6.07, 6.45) is 5.96. The van der Waals surface area contributed by atoms with Gasteiger partial charge in [-0.05, 0) is 33.2 Å². The summed E-state index contributed by atoms with van der Waals surface area (Å²) in [6, 6.07) is 2.70. The third-order valence-electron chi connectivity index (χ3n) is 3.95. The van der Waals surface area contributed by atoms with Gasteiger partial charge < -0.3 is 10.6 Å². The molecule has 1 aliphatic heterocycles. The average Bonchev–Trinajstić information content (AvgIpc) is 2.81. The van der Waals surface area contributed by atoms with Gasteiger partial charge in [0.05, 0.1) is 23.8 Å². The van der Waals surface area contributed by atoms with Gasteiger partial charge in [-0.15, -0.1) is 0 Å². The van der Waals surface area contributed by atoms with E-state index < -0.39 is 0 Å². The Balaban J connectivity index is 1.87. The molecule has 0 radical (unpaired) electrons. The van der Waals surface area contributed by atoms with Crippen LogP contribution >= 0.6 is 0 Å². The maximum Gasteiger partial charge on any atom is 0.155 e. The standard InChI is InChI=1S/C14H21N5/c1-10(2)18-5-3-4-11(8-18)13-6-14-16-7-12(15)9-19(14)17-13/h6-7,9-11H,3-5,8,15H2,1-2H3. The van der Waals surface area contributed by atoms with Crippen LogP contribution in [0.5, 0.6) is 0 Å². The van der Waals surface area contributed by atoms with Gasteiger partial charge in [0.15, 0.2) is 5.65 Å². The van der Waals surface area contributed by atoms with Crippen molar-refractivity contribution in [2.24, 2.45) is 0 Å². The fraction of sp³-hybridized carbons (Fsp3) is 0.571. The van der Waals surface area contributed by atoms with Crippen LogP contribution in [-0.4, -0.2) is 38.6 Å². The molecule has 102 valence electrons. The molecule has 2 aromatic rings. The van der Waals surface area contributed by atoms with Crippen molar-refractivity contribution in [3.05, 3.63) is 24.2 Å². The number of hydrogen-bond acceptors (Lipinski definition) is 4. The third kappa shape index (κ3) is 2.42. The molecule has 0 saturated carbocycles. The van der Waals surface area contributed by atoms with E-state index in [1.807, 2.05) is 6.20 Å². The van der Waals surface area contributed by atoms with E-state index in [4.69, 9.17) is 5.73 Å². The van der Waals surface area contributed by atoms with Gasteiger partial charge in [-0.3, -0.25) is 0 Å². The van der Waals surface area contributed by atoms with Gasteiger partial charge in [-0.25, -0.2) is 9.50 Å². The number of fused-ring (bicyclic) bond motifs is 1. The fourth-order valence-electron chi connectivity index (χ4n) is 2.83. The van der Waals surface area contributed by atoms with E-state index in [1.165, 1.54) is 19.4 Å². The van der Waals surface area contributed by atoms with Crippen LogP contribution in [0.15, 0.2) is 18.5 Å². The molecule has 5 heteroatoms. The zero-order chi connectivity index (χ0) is 13.4. The Kier molecular flexibility index (Phi) is 3.14. The van der Waals surface area contributed by atoms with E-state index in [1.54, 1.807) is 10.7 Å². The van der Waals surface area contributed by atoms with Crippen molar-refractivity contribution in [1.29, 1.82) is 0 Å². The molecule has 0 amide bonds. The molecule has 3 heterocycles. The summed E-state index contributed by atoms with van der Waals surface area (Å²) in [4.78, 5) is 6.84. The van der Waals surface area contributed by atoms with Crippen LogP contribution in [0.4, 0.5) is 5.69 Å². The second-order valence-electron chi connectivity index (χ2n) is 5.69. The lowest BCUT2D eigenvalue weighted by atomic mass is 9.94. The number of nitrogens with two attached hydrogens (primary N) is 1. The SMILES string of the molecule is CC(C)N1CCCC(c2cc3ncc(N)cn3n2)C1. The molecule has 3 rings (SSSR count). The molecular formula is C14H21N5. The van der Waals surface area contributed by atoms with Gasteiger partial charge in [0.2, 0.25) is 0 Å². The highest BCUT2D eigenvalue weighted by atomic mass is 15.3. The van der Waals surface area contributed by atoms with Crippen molar-refractivity contribution in [2.75, 3.05) is 18.8 Å². The molecule has 1 aliphatic rings. The van der Waals surface area contributed by atoms with Crippen molar-refractivity contribution in [3.63, 3.8) is 0 Å². The number of aromatic nitrogens is 3. The lowest BCUT2D eigenvalue weighted by Crippen LogP contribution is -2.39. The largest absolute Gasteiger partial charge is 0.396 e. The summed E-state index contributed by atoms with van der Waals surface area (Å²) in [7, 11) is 0. The second kappa shape index (κ2) is 4.81. The van der Waals surface area contributed by atoms with Gasteiger partial charge >= 0.3 is 0 Å². The number of hydrogen-bond donors (Lipinski definition) is 1. The molecule has 2 aromatic heterocycles. The molecule has 1 fully saturated rings. The summed E-state index contributed by atoms with van der Waals surface area (Å²) in [5.41, 5.74) is 8.41. The highest BCUT2D eigenvalue weighted by molar-refractivity contribution is 5.45. The third-order valence-corrected chi connectivity index (χ3v) is 3.95. The van der Waals surface area contributed by atoms with Crippen molar-refractivity contribution in [3.8, 4) is 0 Å². The Bertz CT molecular complexity index is 574. The van der Waals surface area contributed by atoms with Gasteiger partial charge in [-0.2, -0.15) is 5.10 Å². The fourth-order valence-corrected chi connectivity index (χ4v) is 2.83. The van der Waals surface area contributed by atoms with Crippen molar-refractivity contribution in [2.45, 2.75) is 38.6 Å². The molecule has 0 spiro atoms. The molecule has 1 atom stereocenters. The first-order valence-electron chi connectivity index (χ1n) is 6.98. The van der Waals surface area contributed by atoms with E-state index in [9.17, 15) is 0 Å². The van der Waals surface area contributed by atoms with Crippen LogP contribution in [0.25, 0.3) is 5.65 Å². The number of rotatable bonds is 2. The van der Waals surface area contributed by atoms with Gasteiger partial charge in [0.1, 0.15) is 0 Å². The highest BCUT2D eigenvalue weighted by Crippen LogP contribution is 2.27. The van der Waals surface area contributed by atoms with Gasteiger partial charge in [0, 0.05) is 24.6 Å². The lowest BCUT2D eigenvalue weighted by Gasteiger charge is -2.34. The molecule has 1 saturated heterocycles. The van der Waals surface area contributed by atoms with Crippen LogP contribution in [-0.2, 0) is 0 Å². The predicted molar refractivity (Wildman–Crippen MR) is 76.1 cm³/mol. The van der Waals surface area contributed by atoms with E-state index in [0.29, 0.717) is 17.6 Å². The second-order valence-corrected chi connectivity index (χ2v) is 5.69. The van der Waals surface area contributed by atoms with E-state index in [0.717, 1.165) is 17.9 Å². The van der Waals surface area contributed by atoms with E-state index >= 15 is 0 Å². The first-order chi connectivity index (χ1) is 9.13. The van der Waals surface area contributed by atoms with Crippen LogP contribution in [0.2, 0.25) is 0 Å². The molecule has 0 aromatic carbocycles. The molecule has 5 nitrogen and oxygen atoms in total. The summed E-state index contributed by atoms with van der Waals surface area (Å²) >= 11 is 0. The number of nitrogen functional groups attached to an aromatic ring is 1. The van der Waals surface area contributed by atoms with Crippen molar-refractivity contribution in [1.82, 2.24) is 19.5 Å². The topological polar surface area (TPSA) is 59.5 Å². The smallest absolute Gasteiger partial charge is 0.155 e. The molecule has 0 bridgehead atoms. The summed E-state index contributed by atoms with van der Waals surface area (Å²) in [6.45, 7) is 6.81. The molecule has 1 unspecified atom stereocenters. The van der Waals surface area contributed by atoms with Gasteiger partial charge in [0.25, 0.3) is 0 Å². The Morgan fingerprint density at radius 3 is 3.05 bits per heavy atom. The minimum Gasteiger partial charge on any atom is -0.396 e. The average molecular weight is 259 g/mol. The first kappa shape index (κ1) is 12.4. The van der Waals surface area contributed by atoms with Gasteiger partial charge in [-0.1, -0.05) is 0 Å². The zero-order valence-electron chi connectivity index (χ0n) is 11.6. The maximum absolute atomic E-state index is 5.74. The summed E-state index contributed by atoms with van der Waals surface area (Å²) in [5.74, 6) is 0.513. The highest BCUT2D eigenvalue weighted by Gasteiger charge is 2.24. The van der Waals surface area contributed by atoms with E-state index in [-0.39, 0.29) is 0 Å². The number of anilines is 1. The van der Waals surface area contributed by atoms with Crippen LogP contribution in [0.1, 0.15) is 38.3 Å². The minimum atomic E-state index is 0.513. The summed E-state index contributed by atoms with van der Waals surface area (Å²) < 4.78 is 1.79. The van der Waals surface area contributed by atoms with Crippen LogP contribution in [0.3, 0.4) is 0 Å². The predicted octanol–water partition coefficient (Wildman–Crippen LogP) is 1.90. The molecule has 19 heavy (non-hydrogen) atoms. The Hall–Kier alpha value is -1.62. The van der Waals surface area contributed by atoms with Crippen molar-refractivity contribution < 1.29 is 0 Å². The van der Waals surface area contributed by atoms with Crippen LogP contribution < -0.4 is 5.73 Å². The molecular weight excluding hydrogens is 238 g/mol. The first-order valence-corrected chi connectivity index (χ1v) is 6.98. The zero-order valence-corrected chi connectivity index (χ0v) is 11.6. The Morgan fingerprint density at radius 1 is 1.42 bits per heavy atom. The minimum absolute atomic E-state index is 0.513. The number of likely N-dealkylation sites (tertiary alicyclic amines) is 1. The Labute approximate surface area is 113 Å². The summed E-state index contributed by atoms with van der Waals surface area (Å²) in [5, 5.41) is 4.64.